The van der Waals surface area contributed by atoms with E-state index >= 15 is 0 Å². The summed E-state index contributed by atoms with van der Waals surface area (Å²) >= 11 is 0. The van der Waals surface area contributed by atoms with Gasteiger partial charge in [-0.15, -0.1) is 0 Å². The lowest BCUT2D eigenvalue weighted by atomic mass is 10.1. The van der Waals surface area contributed by atoms with Gasteiger partial charge in [-0.25, -0.2) is 9.97 Å². The molecule has 0 fully saturated rings. The molecule has 1 aromatic carbocycles. The third kappa shape index (κ3) is 2.39. The summed E-state index contributed by atoms with van der Waals surface area (Å²) in [7, 11) is 0. The first-order valence-corrected chi connectivity index (χ1v) is 5.94. The Morgan fingerprint density at radius 1 is 0.650 bits per heavy atom. The molecule has 3 rings (SSSR count). The highest BCUT2D eigenvalue weighted by Gasteiger charge is 2.03. The molecule has 0 radical (unpaired) electrons. The number of nitrogens with one attached hydrogen (secondary N) is 2. The molecule has 3 aromatic rings. The molecule has 0 bridgehead atoms. The van der Waals surface area contributed by atoms with Crippen LogP contribution < -0.4 is 11.1 Å². The second-order valence-corrected chi connectivity index (χ2v) is 4.14. The average Bonchev–Trinajstić information content (AvgIpc) is 2.47. The lowest BCUT2D eigenvalue weighted by Gasteiger charge is -2.03. The zero-order valence-electron chi connectivity index (χ0n) is 10.3. The Balaban J connectivity index is 2.00. The largest absolute Gasteiger partial charge is 0.307 e. The van der Waals surface area contributed by atoms with Crippen LogP contribution in [0.15, 0.2) is 58.4 Å². The van der Waals surface area contributed by atoms with Crippen LogP contribution in [-0.4, -0.2) is 19.9 Å². The summed E-state index contributed by atoms with van der Waals surface area (Å²) < 4.78 is 0. The van der Waals surface area contributed by atoms with Gasteiger partial charge in [0.1, 0.15) is 11.6 Å². The fourth-order valence-electron chi connectivity index (χ4n) is 1.82. The first kappa shape index (κ1) is 12.0. The van der Waals surface area contributed by atoms with Crippen molar-refractivity contribution < 1.29 is 0 Å². The number of nitrogens with zero attached hydrogens (tertiary/aromatic N) is 2. The predicted octanol–water partition coefficient (Wildman–Crippen LogP) is 1.19. The standard InChI is InChI=1S/C14H10N4O2/c19-11-5-7-15-13(17-11)9-1-2-10(4-3-9)14-16-8-6-12(20)18-14/h1-8H,(H,15,17,19)(H,16,18,20). The molecule has 2 aromatic heterocycles. The summed E-state index contributed by atoms with van der Waals surface area (Å²) in [5, 5.41) is 0. The van der Waals surface area contributed by atoms with Crippen molar-refractivity contribution in [2.75, 3.05) is 0 Å². The third-order valence-electron chi connectivity index (χ3n) is 2.77. The fourth-order valence-corrected chi connectivity index (χ4v) is 1.82. The Kier molecular flexibility index (Phi) is 2.96. The van der Waals surface area contributed by atoms with Crippen molar-refractivity contribution in [3.63, 3.8) is 0 Å². The van der Waals surface area contributed by atoms with Gasteiger partial charge >= 0.3 is 0 Å². The van der Waals surface area contributed by atoms with Gasteiger partial charge in [-0.1, -0.05) is 24.3 Å². The monoisotopic (exact) mass is 266 g/mol. The smallest absolute Gasteiger partial charge is 0.251 e. The van der Waals surface area contributed by atoms with Crippen LogP contribution in [0.1, 0.15) is 0 Å². The van der Waals surface area contributed by atoms with E-state index in [1.165, 1.54) is 24.5 Å². The van der Waals surface area contributed by atoms with E-state index in [4.69, 9.17) is 0 Å². The molecule has 0 unspecified atom stereocenters. The highest BCUT2D eigenvalue weighted by molar-refractivity contribution is 5.62. The summed E-state index contributed by atoms with van der Waals surface area (Å²) in [5.74, 6) is 0.997. The van der Waals surface area contributed by atoms with E-state index in [1.54, 1.807) is 24.3 Å². The van der Waals surface area contributed by atoms with Crippen LogP contribution in [0, 0.1) is 0 Å². The van der Waals surface area contributed by atoms with Gasteiger partial charge in [-0.3, -0.25) is 9.59 Å². The number of hydrogen-bond donors (Lipinski definition) is 2. The molecule has 0 aliphatic carbocycles. The van der Waals surface area contributed by atoms with E-state index in [0.717, 1.165) is 11.1 Å². The maximum Gasteiger partial charge on any atom is 0.251 e. The van der Waals surface area contributed by atoms with Gasteiger partial charge in [0, 0.05) is 35.7 Å². The maximum atomic E-state index is 11.2. The van der Waals surface area contributed by atoms with Crippen molar-refractivity contribution in [2.24, 2.45) is 0 Å². The number of aromatic nitrogens is 4. The fraction of sp³-hybridized carbons (Fsp3) is 0. The Labute approximate surface area is 113 Å². The topological polar surface area (TPSA) is 91.5 Å². The minimum absolute atomic E-state index is 0.201. The Hall–Kier alpha value is -3.02. The maximum absolute atomic E-state index is 11.2. The van der Waals surface area contributed by atoms with Crippen molar-refractivity contribution >= 4 is 0 Å². The van der Waals surface area contributed by atoms with Gasteiger partial charge in [0.25, 0.3) is 11.1 Å². The molecule has 0 aliphatic heterocycles. The molecule has 0 aliphatic rings. The van der Waals surface area contributed by atoms with Crippen LogP contribution >= 0.6 is 0 Å². The summed E-state index contributed by atoms with van der Waals surface area (Å²) in [5.41, 5.74) is 1.16. The van der Waals surface area contributed by atoms with Gasteiger partial charge < -0.3 is 9.97 Å². The normalized spacial score (nSPS) is 10.4. The van der Waals surface area contributed by atoms with Crippen molar-refractivity contribution in [2.45, 2.75) is 0 Å². The molecular formula is C14H10N4O2. The summed E-state index contributed by atoms with van der Waals surface area (Å²) in [6.07, 6.45) is 2.91. The average molecular weight is 266 g/mol. The number of hydrogen-bond acceptors (Lipinski definition) is 4. The van der Waals surface area contributed by atoms with Crippen molar-refractivity contribution in [3.8, 4) is 22.8 Å². The second-order valence-electron chi connectivity index (χ2n) is 4.14. The van der Waals surface area contributed by atoms with Crippen molar-refractivity contribution in [3.05, 3.63) is 69.5 Å². The lowest BCUT2D eigenvalue weighted by Crippen LogP contribution is -2.06. The minimum atomic E-state index is -0.201. The molecule has 6 nitrogen and oxygen atoms in total. The van der Waals surface area contributed by atoms with Gasteiger partial charge in [-0.2, -0.15) is 0 Å². The molecular weight excluding hydrogens is 256 g/mol. The molecule has 98 valence electrons. The van der Waals surface area contributed by atoms with E-state index in [2.05, 4.69) is 19.9 Å². The highest BCUT2D eigenvalue weighted by Crippen LogP contribution is 2.18. The number of aromatic amines is 2. The Morgan fingerprint density at radius 2 is 1.05 bits per heavy atom. The molecule has 20 heavy (non-hydrogen) atoms. The molecule has 0 amide bonds. The van der Waals surface area contributed by atoms with Crippen molar-refractivity contribution in [1.82, 2.24) is 19.9 Å². The number of benzene rings is 1. The van der Waals surface area contributed by atoms with E-state index < -0.39 is 0 Å². The van der Waals surface area contributed by atoms with Crippen LogP contribution in [0.5, 0.6) is 0 Å². The zero-order chi connectivity index (χ0) is 13.9. The van der Waals surface area contributed by atoms with E-state index in [-0.39, 0.29) is 11.1 Å². The molecule has 2 heterocycles. The van der Waals surface area contributed by atoms with Crippen LogP contribution in [0.2, 0.25) is 0 Å². The second kappa shape index (κ2) is 4.93. The molecule has 0 spiro atoms. The van der Waals surface area contributed by atoms with Gasteiger partial charge in [0.05, 0.1) is 0 Å². The van der Waals surface area contributed by atoms with E-state index in [1.807, 2.05) is 0 Å². The first-order valence-electron chi connectivity index (χ1n) is 5.94. The first-order chi connectivity index (χ1) is 9.72. The predicted molar refractivity (Wildman–Crippen MR) is 74.1 cm³/mol. The lowest BCUT2D eigenvalue weighted by molar-refractivity contribution is 1.12. The quantitative estimate of drug-likeness (QED) is 0.728. The van der Waals surface area contributed by atoms with Crippen LogP contribution in [0.3, 0.4) is 0 Å². The van der Waals surface area contributed by atoms with E-state index in [0.29, 0.717) is 11.6 Å². The molecule has 2 N–H and O–H groups in total. The zero-order valence-corrected chi connectivity index (χ0v) is 10.3. The van der Waals surface area contributed by atoms with E-state index in [9.17, 15) is 9.59 Å². The Bertz CT molecular complexity index is 777. The summed E-state index contributed by atoms with van der Waals surface area (Å²) in [4.78, 5) is 36.0. The molecule has 0 saturated heterocycles. The minimum Gasteiger partial charge on any atom is -0.307 e. The number of rotatable bonds is 2. The van der Waals surface area contributed by atoms with Gasteiger partial charge in [0.2, 0.25) is 0 Å². The summed E-state index contributed by atoms with van der Waals surface area (Å²) in [6, 6.07) is 9.94. The van der Waals surface area contributed by atoms with Crippen molar-refractivity contribution in [1.29, 1.82) is 0 Å². The van der Waals surface area contributed by atoms with Gasteiger partial charge in [-0.05, 0) is 0 Å². The molecule has 0 atom stereocenters. The SMILES string of the molecule is O=c1ccnc(-c2ccc(-c3nccc(=O)[nH]3)cc2)[nH]1. The van der Waals surface area contributed by atoms with Gasteiger partial charge in [0.15, 0.2) is 0 Å². The van der Waals surface area contributed by atoms with Crippen LogP contribution in [0.25, 0.3) is 22.8 Å². The molecule has 0 saturated carbocycles. The highest BCUT2D eigenvalue weighted by atomic mass is 16.1. The third-order valence-corrected chi connectivity index (χ3v) is 2.77. The Morgan fingerprint density at radius 3 is 1.40 bits per heavy atom. The summed E-state index contributed by atoms with van der Waals surface area (Å²) in [6.45, 7) is 0. The van der Waals surface area contributed by atoms with Crippen LogP contribution in [-0.2, 0) is 0 Å². The molecule has 6 heteroatoms. The van der Waals surface area contributed by atoms with Crippen LogP contribution in [0.4, 0.5) is 0 Å². The number of H-pyrrole nitrogens is 2.